The van der Waals surface area contributed by atoms with Crippen molar-refractivity contribution in [3.8, 4) is 0 Å². The first-order valence-corrected chi connectivity index (χ1v) is 8.33. The summed E-state index contributed by atoms with van der Waals surface area (Å²) in [7, 11) is 0. The predicted molar refractivity (Wildman–Crippen MR) is 91.9 cm³/mol. The van der Waals surface area contributed by atoms with Gasteiger partial charge in [-0.3, -0.25) is 0 Å². The van der Waals surface area contributed by atoms with Crippen LogP contribution in [0.2, 0.25) is 5.02 Å². The van der Waals surface area contributed by atoms with Crippen LogP contribution < -0.4 is 10.2 Å². The number of hydrogen-bond acceptors (Lipinski definition) is 2. The second-order valence-electron chi connectivity index (χ2n) is 6.88. The fourth-order valence-corrected chi connectivity index (χ4v) is 3.48. The molecule has 1 N–H and O–H groups in total. The standard InChI is InChI=1S/C16H24BrClN2/c1-10-6-12(17)14(7-13(10)18)20-9-15(16(3,4)5)19-8-11(20)2/h6-7,11,15,19H,8-9H2,1-5H3. The van der Waals surface area contributed by atoms with Crippen LogP contribution in [0.3, 0.4) is 0 Å². The van der Waals surface area contributed by atoms with Crippen LogP contribution in [0.15, 0.2) is 16.6 Å². The molecule has 4 heteroatoms. The normalized spacial score (nSPS) is 24.1. The Kier molecular flexibility index (Phi) is 4.73. The summed E-state index contributed by atoms with van der Waals surface area (Å²) in [5.74, 6) is 0. The third kappa shape index (κ3) is 3.32. The van der Waals surface area contributed by atoms with E-state index in [-0.39, 0.29) is 5.41 Å². The highest BCUT2D eigenvalue weighted by Gasteiger charge is 2.33. The van der Waals surface area contributed by atoms with Crippen molar-refractivity contribution in [1.29, 1.82) is 0 Å². The zero-order valence-corrected chi connectivity index (χ0v) is 15.3. The molecule has 0 spiro atoms. The molecule has 20 heavy (non-hydrogen) atoms. The fourth-order valence-electron chi connectivity index (χ4n) is 2.64. The van der Waals surface area contributed by atoms with Crippen LogP contribution in [0.5, 0.6) is 0 Å². The van der Waals surface area contributed by atoms with E-state index in [4.69, 9.17) is 11.6 Å². The molecule has 2 atom stereocenters. The molecule has 1 aromatic carbocycles. The van der Waals surface area contributed by atoms with Gasteiger partial charge in [-0.15, -0.1) is 0 Å². The molecule has 1 fully saturated rings. The molecule has 0 aromatic heterocycles. The van der Waals surface area contributed by atoms with Gasteiger partial charge < -0.3 is 10.2 Å². The molecule has 1 heterocycles. The number of aryl methyl sites for hydroxylation is 1. The van der Waals surface area contributed by atoms with Gasteiger partial charge in [0.05, 0.1) is 5.69 Å². The third-order valence-electron chi connectivity index (χ3n) is 4.15. The molecule has 0 radical (unpaired) electrons. The first kappa shape index (κ1) is 16.1. The minimum atomic E-state index is 0.249. The molecule has 1 aromatic rings. The number of hydrogen-bond donors (Lipinski definition) is 1. The van der Waals surface area contributed by atoms with Gasteiger partial charge in [0.15, 0.2) is 0 Å². The minimum Gasteiger partial charge on any atom is -0.365 e. The number of piperazine rings is 1. The van der Waals surface area contributed by atoms with Crippen molar-refractivity contribution in [2.24, 2.45) is 5.41 Å². The van der Waals surface area contributed by atoms with Crippen LogP contribution in [0.25, 0.3) is 0 Å². The maximum Gasteiger partial charge on any atom is 0.0529 e. The van der Waals surface area contributed by atoms with Gasteiger partial charge in [0.1, 0.15) is 0 Å². The van der Waals surface area contributed by atoms with Gasteiger partial charge in [0.2, 0.25) is 0 Å². The summed E-state index contributed by atoms with van der Waals surface area (Å²) < 4.78 is 1.13. The Morgan fingerprint density at radius 3 is 2.60 bits per heavy atom. The molecule has 1 saturated heterocycles. The highest BCUT2D eigenvalue weighted by atomic mass is 79.9. The smallest absolute Gasteiger partial charge is 0.0529 e. The van der Waals surface area contributed by atoms with E-state index < -0.39 is 0 Å². The fraction of sp³-hybridized carbons (Fsp3) is 0.625. The van der Waals surface area contributed by atoms with Crippen molar-refractivity contribution in [3.05, 3.63) is 27.2 Å². The Balaban J connectivity index is 2.32. The summed E-state index contributed by atoms with van der Waals surface area (Å²) >= 11 is 10.0. The van der Waals surface area contributed by atoms with Crippen molar-refractivity contribution in [3.63, 3.8) is 0 Å². The number of rotatable bonds is 1. The number of nitrogens with zero attached hydrogens (tertiary/aromatic N) is 1. The first-order valence-electron chi connectivity index (χ1n) is 7.16. The highest BCUT2D eigenvalue weighted by molar-refractivity contribution is 9.10. The van der Waals surface area contributed by atoms with Crippen molar-refractivity contribution >= 4 is 33.2 Å². The van der Waals surface area contributed by atoms with Crippen LogP contribution >= 0.6 is 27.5 Å². The molecule has 2 rings (SSSR count). The molecule has 1 aliphatic heterocycles. The van der Waals surface area contributed by atoms with E-state index >= 15 is 0 Å². The number of anilines is 1. The van der Waals surface area contributed by atoms with E-state index in [1.54, 1.807) is 0 Å². The van der Waals surface area contributed by atoms with Crippen molar-refractivity contribution in [2.75, 3.05) is 18.0 Å². The molecule has 0 bridgehead atoms. The zero-order valence-electron chi connectivity index (χ0n) is 12.9. The summed E-state index contributed by atoms with van der Waals surface area (Å²) in [5.41, 5.74) is 2.56. The van der Waals surface area contributed by atoms with E-state index in [0.717, 1.165) is 28.1 Å². The lowest BCUT2D eigenvalue weighted by Gasteiger charge is -2.45. The molecule has 1 aliphatic rings. The molecule has 2 nitrogen and oxygen atoms in total. The van der Waals surface area contributed by atoms with Gasteiger partial charge in [0.25, 0.3) is 0 Å². The average molecular weight is 360 g/mol. The Labute approximate surface area is 136 Å². The Morgan fingerprint density at radius 1 is 1.35 bits per heavy atom. The Hall–Kier alpha value is -0.250. The highest BCUT2D eigenvalue weighted by Crippen LogP contribution is 2.35. The second-order valence-corrected chi connectivity index (χ2v) is 8.14. The van der Waals surface area contributed by atoms with Gasteiger partial charge in [-0.25, -0.2) is 0 Å². The first-order chi connectivity index (χ1) is 9.20. The van der Waals surface area contributed by atoms with E-state index in [1.807, 2.05) is 6.92 Å². The molecular weight excluding hydrogens is 336 g/mol. The maximum atomic E-state index is 6.32. The maximum absolute atomic E-state index is 6.32. The SMILES string of the molecule is Cc1cc(Br)c(N2CC(C(C)(C)C)NCC2C)cc1Cl. The van der Waals surface area contributed by atoms with Crippen LogP contribution in [0.4, 0.5) is 5.69 Å². The third-order valence-corrected chi connectivity index (χ3v) is 5.20. The van der Waals surface area contributed by atoms with Crippen molar-refractivity contribution in [1.82, 2.24) is 5.32 Å². The van der Waals surface area contributed by atoms with Gasteiger partial charge >= 0.3 is 0 Å². The van der Waals surface area contributed by atoms with Gasteiger partial charge in [-0.1, -0.05) is 32.4 Å². The number of benzene rings is 1. The van der Waals surface area contributed by atoms with E-state index in [9.17, 15) is 0 Å². The summed E-state index contributed by atoms with van der Waals surface area (Å²) in [4.78, 5) is 2.46. The molecule has 0 amide bonds. The average Bonchev–Trinajstić information content (AvgIpc) is 2.33. The second kappa shape index (κ2) is 5.86. The molecule has 112 valence electrons. The topological polar surface area (TPSA) is 15.3 Å². The molecule has 2 unspecified atom stereocenters. The predicted octanol–water partition coefficient (Wildman–Crippen LogP) is 4.62. The summed E-state index contributed by atoms with van der Waals surface area (Å²) in [6, 6.07) is 5.13. The van der Waals surface area contributed by atoms with Crippen molar-refractivity contribution in [2.45, 2.75) is 46.7 Å². The number of nitrogens with one attached hydrogen (secondary N) is 1. The van der Waals surface area contributed by atoms with E-state index in [0.29, 0.717) is 12.1 Å². The Bertz CT molecular complexity index is 496. The van der Waals surface area contributed by atoms with E-state index in [2.05, 4.69) is 66.0 Å². The monoisotopic (exact) mass is 358 g/mol. The number of halogens is 2. The lowest BCUT2D eigenvalue weighted by molar-refractivity contribution is 0.239. The van der Waals surface area contributed by atoms with Gasteiger partial charge in [0, 0.05) is 34.7 Å². The van der Waals surface area contributed by atoms with Crippen LogP contribution in [0.1, 0.15) is 33.3 Å². The summed E-state index contributed by atoms with van der Waals surface area (Å²) in [5, 5.41) is 4.50. The molecule has 0 aliphatic carbocycles. The quantitative estimate of drug-likeness (QED) is 0.787. The van der Waals surface area contributed by atoms with Gasteiger partial charge in [-0.05, 0) is 52.9 Å². The van der Waals surface area contributed by atoms with Gasteiger partial charge in [-0.2, -0.15) is 0 Å². The lowest BCUT2D eigenvalue weighted by Crippen LogP contribution is -2.59. The summed E-state index contributed by atoms with van der Waals surface area (Å²) in [6.07, 6.45) is 0. The zero-order chi connectivity index (χ0) is 15.1. The van der Waals surface area contributed by atoms with Crippen LogP contribution in [-0.2, 0) is 0 Å². The van der Waals surface area contributed by atoms with Crippen molar-refractivity contribution < 1.29 is 0 Å². The molecule has 0 saturated carbocycles. The van der Waals surface area contributed by atoms with E-state index in [1.165, 1.54) is 5.69 Å². The van der Waals surface area contributed by atoms with Crippen LogP contribution in [0, 0.1) is 12.3 Å². The van der Waals surface area contributed by atoms with Crippen LogP contribution in [-0.4, -0.2) is 25.2 Å². The summed E-state index contributed by atoms with van der Waals surface area (Å²) in [6.45, 7) is 13.2. The largest absolute Gasteiger partial charge is 0.365 e. The molecular formula is C16H24BrClN2. The lowest BCUT2D eigenvalue weighted by atomic mass is 9.84. The minimum absolute atomic E-state index is 0.249. The Morgan fingerprint density at radius 2 is 2.00 bits per heavy atom.